The van der Waals surface area contributed by atoms with Crippen LogP contribution in [0.3, 0.4) is 0 Å². The molecule has 0 saturated carbocycles. The van der Waals surface area contributed by atoms with Gasteiger partial charge in [0.05, 0.1) is 12.9 Å². The maximum Gasteiger partial charge on any atom is 0.270 e. The molecule has 0 aliphatic carbocycles. The van der Waals surface area contributed by atoms with E-state index in [2.05, 4.69) is 30.3 Å². The van der Waals surface area contributed by atoms with Crippen molar-refractivity contribution < 1.29 is 23.1 Å². The zero-order chi connectivity index (χ0) is 28.0. The molecule has 4 aromatic rings. The lowest BCUT2D eigenvalue weighted by Crippen LogP contribution is -2.34. The molecule has 14 heteroatoms. The first-order valence-electron chi connectivity index (χ1n) is 11.6. The highest BCUT2D eigenvalue weighted by Gasteiger charge is 2.21. The summed E-state index contributed by atoms with van der Waals surface area (Å²) in [5.41, 5.74) is 1.71. The standard InChI is InChI=1S/C25H24Cl2N6O5S/c1-39(36,37)30-10-9-28-24(35)22-18(21-19(26)3-2-4-20(21)27)13-15-14-29-25(33-23(15)32-22)31-16-5-7-17(8-6-16)38-12-11-34/h2-8,13-14,30,34H,9-12H2,1H3,(H,28,35)(H,29,31,32,33). The van der Waals surface area contributed by atoms with Crippen molar-refractivity contribution in [2.45, 2.75) is 0 Å². The van der Waals surface area contributed by atoms with Crippen molar-refractivity contribution >= 4 is 61.8 Å². The Labute approximate surface area is 234 Å². The number of aliphatic hydroxyl groups excluding tert-OH is 1. The molecule has 1 amide bonds. The number of carbonyl (C=O) groups is 1. The van der Waals surface area contributed by atoms with Crippen LogP contribution in [0, 0.1) is 0 Å². The molecule has 2 aromatic heterocycles. The fraction of sp³-hybridized carbons (Fsp3) is 0.200. The van der Waals surface area contributed by atoms with Crippen molar-refractivity contribution in [2.75, 3.05) is 37.9 Å². The van der Waals surface area contributed by atoms with Gasteiger partial charge in [-0.25, -0.2) is 23.1 Å². The summed E-state index contributed by atoms with van der Waals surface area (Å²) >= 11 is 12.9. The van der Waals surface area contributed by atoms with Crippen molar-refractivity contribution in [3.63, 3.8) is 0 Å². The van der Waals surface area contributed by atoms with Crippen LogP contribution >= 0.6 is 23.2 Å². The normalized spacial score (nSPS) is 11.4. The number of ether oxygens (including phenoxy) is 1. The van der Waals surface area contributed by atoms with E-state index in [4.69, 9.17) is 33.0 Å². The molecule has 0 bridgehead atoms. The van der Waals surface area contributed by atoms with Gasteiger partial charge in [-0.15, -0.1) is 0 Å². The van der Waals surface area contributed by atoms with Crippen molar-refractivity contribution in [1.82, 2.24) is 25.0 Å². The molecule has 0 aliphatic rings. The first-order valence-corrected chi connectivity index (χ1v) is 14.2. The Morgan fingerprint density at radius 1 is 1.05 bits per heavy atom. The third-order valence-corrected chi connectivity index (χ3v) is 6.62. The van der Waals surface area contributed by atoms with E-state index in [0.717, 1.165) is 6.26 Å². The number of hydrogen-bond acceptors (Lipinski definition) is 9. The van der Waals surface area contributed by atoms with Crippen LogP contribution in [0.5, 0.6) is 5.75 Å². The Hall–Kier alpha value is -3.55. The number of sulfonamides is 1. The molecule has 4 rings (SSSR count). The number of amides is 1. The maximum absolute atomic E-state index is 13.2. The van der Waals surface area contributed by atoms with Crippen LogP contribution in [0.1, 0.15) is 10.5 Å². The Bertz CT molecular complexity index is 1580. The molecule has 0 fully saturated rings. The molecule has 2 heterocycles. The Morgan fingerprint density at radius 3 is 2.44 bits per heavy atom. The summed E-state index contributed by atoms with van der Waals surface area (Å²) in [7, 11) is -3.41. The van der Waals surface area contributed by atoms with E-state index in [1.807, 2.05) is 0 Å². The molecule has 204 valence electrons. The second kappa shape index (κ2) is 12.5. The number of hydrogen-bond donors (Lipinski definition) is 4. The van der Waals surface area contributed by atoms with Gasteiger partial charge in [-0.2, -0.15) is 4.98 Å². The van der Waals surface area contributed by atoms with Crippen molar-refractivity contribution in [3.05, 3.63) is 70.5 Å². The second-order valence-corrected chi connectivity index (χ2v) is 10.9. The van der Waals surface area contributed by atoms with E-state index in [-0.39, 0.29) is 43.6 Å². The number of aromatic nitrogens is 3. The molecule has 2 aromatic carbocycles. The number of anilines is 2. The zero-order valence-electron chi connectivity index (χ0n) is 20.6. The van der Waals surface area contributed by atoms with Gasteiger partial charge in [0.1, 0.15) is 18.1 Å². The van der Waals surface area contributed by atoms with Gasteiger partial charge in [-0.05, 0) is 42.5 Å². The largest absolute Gasteiger partial charge is 0.491 e. The smallest absolute Gasteiger partial charge is 0.270 e. The second-order valence-electron chi connectivity index (χ2n) is 8.23. The Kier molecular flexibility index (Phi) is 9.15. The fourth-order valence-corrected chi connectivity index (χ4v) is 4.64. The van der Waals surface area contributed by atoms with E-state index in [1.165, 1.54) is 0 Å². The van der Waals surface area contributed by atoms with Gasteiger partial charge in [-0.1, -0.05) is 29.3 Å². The number of carbonyl (C=O) groups excluding carboxylic acids is 1. The van der Waals surface area contributed by atoms with Gasteiger partial charge in [0.25, 0.3) is 5.91 Å². The van der Waals surface area contributed by atoms with Crippen LogP contribution in [-0.4, -0.2) is 66.9 Å². The lowest BCUT2D eigenvalue weighted by molar-refractivity contribution is 0.0950. The molecule has 0 radical (unpaired) electrons. The third kappa shape index (κ3) is 7.52. The SMILES string of the molecule is CS(=O)(=O)NCCNC(=O)c1nc2nc(Nc3ccc(OCCO)cc3)ncc2cc1-c1c(Cl)cccc1Cl. The van der Waals surface area contributed by atoms with E-state index in [0.29, 0.717) is 38.0 Å². The molecule has 39 heavy (non-hydrogen) atoms. The van der Waals surface area contributed by atoms with Crippen LogP contribution in [0.25, 0.3) is 22.2 Å². The number of nitrogens with zero attached hydrogens (tertiary/aromatic N) is 3. The molecule has 4 N–H and O–H groups in total. The number of rotatable bonds is 11. The van der Waals surface area contributed by atoms with Crippen LogP contribution in [0.2, 0.25) is 10.0 Å². The van der Waals surface area contributed by atoms with Gasteiger partial charge in [0.15, 0.2) is 5.65 Å². The third-order valence-electron chi connectivity index (χ3n) is 5.26. The van der Waals surface area contributed by atoms with E-state index in [9.17, 15) is 13.2 Å². The maximum atomic E-state index is 13.2. The number of halogens is 2. The molecule has 0 saturated heterocycles. The number of nitrogens with one attached hydrogen (secondary N) is 3. The molecular formula is C25H24Cl2N6O5S. The molecule has 0 spiro atoms. The van der Waals surface area contributed by atoms with E-state index < -0.39 is 15.9 Å². The fourth-order valence-electron chi connectivity index (χ4n) is 3.57. The minimum Gasteiger partial charge on any atom is -0.491 e. The van der Waals surface area contributed by atoms with Crippen molar-refractivity contribution in [3.8, 4) is 16.9 Å². The molecule has 0 aliphatic heterocycles. The predicted octanol–water partition coefficient (Wildman–Crippen LogP) is 3.39. The summed E-state index contributed by atoms with van der Waals surface area (Å²) in [5, 5.41) is 15.8. The summed E-state index contributed by atoms with van der Waals surface area (Å²) in [4.78, 5) is 26.5. The highest BCUT2D eigenvalue weighted by molar-refractivity contribution is 7.88. The lowest BCUT2D eigenvalue weighted by atomic mass is 10.0. The summed E-state index contributed by atoms with van der Waals surface area (Å²) in [6.07, 6.45) is 2.59. The zero-order valence-corrected chi connectivity index (χ0v) is 22.9. The first-order chi connectivity index (χ1) is 18.6. The number of aliphatic hydroxyl groups is 1. The summed E-state index contributed by atoms with van der Waals surface area (Å²) in [6, 6.07) is 13.7. The molecule has 0 atom stereocenters. The van der Waals surface area contributed by atoms with Gasteiger partial charge in [0.2, 0.25) is 16.0 Å². The van der Waals surface area contributed by atoms with Crippen LogP contribution in [-0.2, 0) is 10.0 Å². The minimum absolute atomic E-state index is 0.000402. The quantitative estimate of drug-likeness (QED) is 0.192. The molecule has 0 unspecified atom stereocenters. The number of fused-ring (bicyclic) bond motifs is 1. The van der Waals surface area contributed by atoms with E-state index >= 15 is 0 Å². The van der Waals surface area contributed by atoms with Crippen LogP contribution < -0.4 is 20.1 Å². The highest BCUT2D eigenvalue weighted by Crippen LogP contribution is 2.37. The van der Waals surface area contributed by atoms with Crippen molar-refractivity contribution in [2.24, 2.45) is 0 Å². The van der Waals surface area contributed by atoms with E-state index in [1.54, 1.807) is 54.7 Å². The number of benzene rings is 2. The van der Waals surface area contributed by atoms with Gasteiger partial charge >= 0.3 is 0 Å². The first kappa shape index (κ1) is 28.5. The van der Waals surface area contributed by atoms with Gasteiger partial charge in [0, 0.05) is 51.5 Å². The van der Waals surface area contributed by atoms with Crippen molar-refractivity contribution in [1.29, 1.82) is 0 Å². The minimum atomic E-state index is -3.41. The average molecular weight is 591 g/mol. The predicted molar refractivity (Wildman–Crippen MR) is 150 cm³/mol. The summed E-state index contributed by atoms with van der Waals surface area (Å²) in [5.74, 6) is 0.278. The number of pyridine rings is 1. The van der Waals surface area contributed by atoms with Crippen LogP contribution in [0.15, 0.2) is 54.7 Å². The summed E-state index contributed by atoms with van der Waals surface area (Å²) in [6.45, 7) is 0.133. The lowest BCUT2D eigenvalue weighted by Gasteiger charge is -2.14. The topological polar surface area (TPSA) is 155 Å². The highest BCUT2D eigenvalue weighted by atomic mass is 35.5. The van der Waals surface area contributed by atoms with Gasteiger partial charge < -0.3 is 20.5 Å². The summed E-state index contributed by atoms with van der Waals surface area (Å²) < 4.78 is 30.3. The molecule has 11 nitrogen and oxygen atoms in total. The monoisotopic (exact) mass is 590 g/mol. The molecular weight excluding hydrogens is 567 g/mol. The Morgan fingerprint density at radius 2 is 1.77 bits per heavy atom. The Balaban J connectivity index is 1.67. The van der Waals surface area contributed by atoms with Gasteiger partial charge in [-0.3, -0.25) is 4.79 Å². The van der Waals surface area contributed by atoms with Crippen LogP contribution in [0.4, 0.5) is 11.6 Å². The average Bonchev–Trinajstić information content (AvgIpc) is 2.89.